The molecular weight excluding hydrogens is 715 g/mol. The number of aromatic carboxylic acids is 1. The summed E-state index contributed by atoms with van der Waals surface area (Å²) in [6, 6.07) is 14.0. The summed E-state index contributed by atoms with van der Waals surface area (Å²) >= 11 is 8.67. The van der Waals surface area contributed by atoms with Crippen molar-refractivity contribution in [2.45, 2.75) is 82.4 Å². The topological polar surface area (TPSA) is 122 Å². The van der Waals surface area contributed by atoms with Gasteiger partial charge in [0.25, 0.3) is 5.91 Å². The number of hydrogen-bond donors (Lipinski definition) is 2. The third-order valence-electron chi connectivity index (χ3n) is 12.2. The Labute approximate surface area is 315 Å². The second-order valence-corrected chi connectivity index (χ2v) is 18.1. The van der Waals surface area contributed by atoms with Crippen LogP contribution in [0.3, 0.4) is 0 Å². The average Bonchev–Trinajstić information content (AvgIpc) is 3.68. The summed E-state index contributed by atoms with van der Waals surface area (Å²) in [6.07, 6.45) is 7.84. The van der Waals surface area contributed by atoms with Gasteiger partial charge in [-0.3, -0.25) is 14.8 Å². The first-order valence-corrected chi connectivity index (χ1v) is 19.2. The van der Waals surface area contributed by atoms with E-state index in [1.54, 1.807) is 18.3 Å². The Kier molecular flexibility index (Phi) is 7.82. The molecule has 10 nitrogen and oxygen atoms in total. The second kappa shape index (κ2) is 12.1. The molecule has 4 atom stereocenters. The second-order valence-electron chi connectivity index (χ2n) is 16.2. The molecule has 13 heteroatoms. The standard InChI is InChI=1S/C40H40ClFN6O4S/c1-23-27(14-43-48(23)22-38-16-37(2)17-39(41,19-38)21-40(18-37,20-38)52-3)25-9-11-32(45-33(25)35(50)51)47-13-12-24-28(15-47)26(8-10-29(24)42)34(49)46-36-44-30-6-4-5-7-31(30)53-36/h4-11,14H,12-13,15-22H2,1-3H3,(H,50,51)(H,44,46,49). The van der Waals surface area contributed by atoms with E-state index in [1.807, 2.05) is 47.9 Å². The van der Waals surface area contributed by atoms with Gasteiger partial charge in [0.15, 0.2) is 10.8 Å². The molecule has 0 spiro atoms. The normalized spacial score (nSPS) is 27.3. The van der Waals surface area contributed by atoms with Crippen LogP contribution in [0.4, 0.5) is 15.3 Å². The molecule has 4 saturated carbocycles. The van der Waals surface area contributed by atoms with Crippen LogP contribution >= 0.6 is 22.9 Å². The zero-order valence-electron chi connectivity index (χ0n) is 29.8. The monoisotopic (exact) mass is 754 g/mol. The van der Waals surface area contributed by atoms with E-state index >= 15 is 4.39 Å². The number of nitrogens with zero attached hydrogens (tertiary/aromatic N) is 5. The Morgan fingerprint density at radius 1 is 1.02 bits per heavy atom. The summed E-state index contributed by atoms with van der Waals surface area (Å²) in [5.41, 5.74) is 3.91. The van der Waals surface area contributed by atoms with Crippen molar-refractivity contribution >= 4 is 56.0 Å². The van der Waals surface area contributed by atoms with Gasteiger partial charge >= 0.3 is 5.97 Å². The molecule has 4 bridgehead atoms. The summed E-state index contributed by atoms with van der Waals surface area (Å²) in [4.78, 5) is 37.1. The van der Waals surface area contributed by atoms with Crippen molar-refractivity contribution in [1.82, 2.24) is 19.7 Å². The molecule has 1 aliphatic heterocycles. The van der Waals surface area contributed by atoms with Crippen LogP contribution < -0.4 is 10.2 Å². The van der Waals surface area contributed by atoms with Gasteiger partial charge in [-0.05, 0) is 110 Å². The molecule has 4 aliphatic carbocycles. The maximum atomic E-state index is 15.1. The lowest BCUT2D eigenvalue weighted by atomic mass is 9.43. The predicted octanol–water partition coefficient (Wildman–Crippen LogP) is 8.25. The minimum Gasteiger partial charge on any atom is -0.476 e. The number of carbonyl (C=O) groups excluding carboxylic acids is 1. The molecule has 4 heterocycles. The quantitative estimate of drug-likeness (QED) is 0.152. The predicted molar refractivity (Wildman–Crippen MR) is 202 cm³/mol. The Morgan fingerprint density at radius 2 is 1.85 bits per heavy atom. The number of carboxylic acids is 1. The van der Waals surface area contributed by atoms with E-state index in [2.05, 4.69) is 22.2 Å². The summed E-state index contributed by atoms with van der Waals surface area (Å²) in [6.45, 7) is 5.59. The van der Waals surface area contributed by atoms with Gasteiger partial charge in [-0.1, -0.05) is 30.4 Å². The number of ether oxygens (including phenoxy) is 1. The first-order chi connectivity index (χ1) is 25.3. The zero-order chi connectivity index (χ0) is 36.9. The fraction of sp³-hybridized carbons (Fsp3) is 0.425. The highest BCUT2D eigenvalue weighted by atomic mass is 35.5. The Hall–Kier alpha value is -4.39. The number of nitrogens with one attached hydrogen (secondary N) is 1. The Bertz CT molecular complexity index is 2290. The van der Waals surface area contributed by atoms with Crippen LogP contribution in [-0.4, -0.2) is 60.9 Å². The van der Waals surface area contributed by atoms with E-state index < -0.39 is 5.97 Å². The first-order valence-electron chi connectivity index (χ1n) is 18.0. The van der Waals surface area contributed by atoms with Crippen LogP contribution in [0.2, 0.25) is 0 Å². The van der Waals surface area contributed by atoms with Gasteiger partial charge in [-0.25, -0.2) is 19.2 Å². The van der Waals surface area contributed by atoms with Gasteiger partial charge < -0.3 is 14.7 Å². The smallest absolute Gasteiger partial charge is 0.355 e. The molecule has 5 aromatic rings. The molecule has 1 amide bonds. The SMILES string of the molecule is COC12CC3(C)CC(Cl)(CC(Cn4ncc(-c5ccc(N6CCc7c(F)ccc(C(=O)Nc8nc9ccccc9s8)c7C6)nc5C(=O)O)c4C)(C3)C1)C2. The fourth-order valence-corrected chi connectivity index (χ4v) is 12.5. The zero-order valence-corrected chi connectivity index (χ0v) is 31.4. The number of hydrogen-bond acceptors (Lipinski definition) is 8. The maximum Gasteiger partial charge on any atom is 0.355 e. The van der Waals surface area contributed by atoms with Crippen molar-refractivity contribution in [1.29, 1.82) is 0 Å². The van der Waals surface area contributed by atoms with Crippen molar-refractivity contribution in [2.75, 3.05) is 23.9 Å². The number of carboxylic acid groups (broad SMARTS) is 1. The largest absolute Gasteiger partial charge is 0.476 e. The van der Waals surface area contributed by atoms with Crippen LogP contribution in [0, 0.1) is 23.6 Å². The number of halogens is 2. The molecule has 5 aliphatic rings. The molecule has 4 unspecified atom stereocenters. The van der Waals surface area contributed by atoms with Crippen LogP contribution in [0.1, 0.15) is 83.1 Å². The van der Waals surface area contributed by atoms with Gasteiger partial charge in [0.2, 0.25) is 0 Å². The molecule has 0 saturated heterocycles. The van der Waals surface area contributed by atoms with E-state index in [4.69, 9.17) is 21.4 Å². The number of alkyl halides is 1. The molecule has 274 valence electrons. The highest BCUT2D eigenvalue weighted by Crippen LogP contribution is 2.70. The van der Waals surface area contributed by atoms with Crippen molar-refractivity contribution in [3.63, 3.8) is 0 Å². The number of pyridine rings is 1. The van der Waals surface area contributed by atoms with Gasteiger partial charge in [-0.15, -0.1) is 11.6 Å². The number of thiazole rings is 1. The summed E-state index contributed by atoms with van der Waals surface area (Å²) < 4.78 is 24.2. The molecule has 3 aromatic heterocycles. The summed E-state index contributed by atoms with van der Waals surface area (Å²) in [5, 5.41) is 18.6. The van der Waals surface area contributed by atoms with E-state index in [1.165, 1.54) is 23.5 Å². The van der Waals surface area contributed by atoms with Gasteiger partial charge in [0.05, 0.1) is 22.0 Å². The third kappa shape index (κ3) is 5.81. The first kappa shape index (κ1) is 34.4. The van der Waals surface area contributed by atoms with E-state index in [9.17, 15) is 14.7 Å². The molecular formula is C40H40ClFN6O4S. The fourth-order valence-electron chi connectivity index (χ4n) is 10.8. The highest BCUT2D eigenvalue weighted by Gasteiger charge is 2.67. The number of para-hydroxylation sites is 1. The van der Waals surface area contributed by atoms with Gasteiger partial charge in [-0.2, -0.15) is 5.10 Å². The van der Waals surface area contributed by atoms with Gasteiger partial charge in [0, 0.05) is 54.0 Å². The highest BCUT2D eigenvalue weighted by molar-refractivity contribution is 7.22. The lowest BCUT2D eigenvalue weighted by Gasteiger charge is -2.68. The average molecular weight is 755 g/mol. The Morgan fingerprint density at radius 3 is 2.62 bits per heavy atom. The van der Waals surface area contributed by atoms with Gasteiger partial charge in [0.1, 0.15) is 11.6 Å². The lowest BCUT2D eigenvalue weighted by molar-refractivity contribution is -0.204. The number of anilines is 2. The van der Waals surface area contributed by atoms with Crippen molar-refractivity contribution in [3.05, 3.63) is 88.6 Å². The number of methoxy groups -OCH3 is 1. The van der Waals surface area contributed by atoms with Crippen molar-refractivity contribution in [2.24, 2.45) is 10.8 Å². The van der Waals surface area contributed by atoms with E-state index in [-0.39, 0.29) is 45.3 Å². The molecule has 10 rings (SSSR count). The number of aromatic nitrogens is 4. The minimum absolute atomic E-state index is 0.0682. The van der Waals surface area contributed by atoms with Crippen molar-refractivity contribution < 1.29 is 23.8 Å². The van der Waals surface area contributed by atoms with E-state index in [0.717, 1.165) is 54.4 Å². The summed E-state index contributed by atoms with van der Waals surface area (Å²) in [5.74, 6) is -1.49. The number of rotatable bonds is 8. The number of benzene rings is 2. The van der Waals surface area contributed by atoms with Crippen LogP contribution in [-0.2, 0) is 24.2 Å². The third-order valence-corrected chi connectivity index (χ3v) is 13.5. The number of amides is 1. The summed E-state index contributed by atoms with van der Waals surface area (Å²) in [7, 11) is 1.81. The molecule has 53 heavy (non-hydrogen) atoms. The molecule has 2 aromatic carbocycles. The van der Waals surface area contributed by atoms with Crippen LogP contribution in [0.15, 0.2) is 54.7 Å². The minimum atomic E-state index is -1.16. The lowest BCUT2D eigenvalue weighted by Crippen LogP contribution is -2.65. The van der Waals surface area contributed by atoms with Crippen LogP contribution in [0.5, 0.6) is 0 Å². The molecule has 2 N–H and O–H groups in total. The molecule has 4 fully saturated rings. The number of carbonyl (C=O) groups is 2. The maximum absolute atomic E-state index is 15.1. The Balaban J connectivity index is 0.987. The van der Waals surface area contributed by atoms with Crippen molar-refractivity contribution in [3.8, 4) is 11.1 Å². The van der Waals surface area contributed by atoms with Crippen LogP contribution in [0.25, 0.3) is 21.3 Å². The van der Waals surface area contributed by atoms with E-state index in [0.29, 0.717) is 58.3 Å². The molecule has 0 radical (unpaired) electrons. The number of fused-ring (bicyclic) bond motifs is 2.